The second kappa shape index (κ2) is 8.12. The van der Waals surface area contributed by atoms with Crippen LogP contribution in [-0.2, 0) is 6.54 Å². The van der Waals surface area contributed by atoms with Crippen LogP contribution in [0.25, 0.3) is 0 Å². The van der Waals surface area contributed by atoms with E-state index in [4.69, 9.17) is 5.11 Å². The van der Waals surface area contributed by atoms with Crippen molar-refractivity contribution in [1.29, 1.82) is 0 Å². The van der Waals surface area contributed by atoms with Crippen LogP contribution in [0.4, 0.5) is 10.1 Å². The third kappa shape index (κ3) is 4.48. The van der Waals surface area contributed by atoms with Gasteiger partial charge in [-0.05, 0) is 38.0 Å². The molecular weight excluding hydrogens is 243 g/mol. The Balaban J connectivity index is 2.71. The second-order valence-electron chi connectivity index (χ2n) is 4.63. The SMILES string of the molecule is CCC(CO)NCc1ccc(N(CC)CC)c(F)c1. The molecule has 0 aliphatic rings. The van der Waals surface area contributed by atoms with E-state index in [1.807, 2.05) is 37.8 Å². The predicted octanol–water partition coefficient (Wildman–Crippen LogP) is 2.53. The summed E-state index contributed by atoms with van der Waals surface area (Å²) in [5.74, 6) is -0.181. The molecule has 4 heteroatoms. The molecule has 0 fully saturated rings. The molecule has 1 unspecified atom stereocenters. The Morgan fingerprint density at radius 2 is 1.95 bits per heavy atom. The highest BCUT2D eigenvalue weighted by Gasteiger charge is 2.10. The van der Waals surface area contributed by atoms with Crippen molar-refractivity contribution in [2.75, 3.05) is 24.6 Å². The van der Waals surface area contributed by atoms with Gasteiger partial charge in [-0.2, -0.15) is 0 Å². The van der Waals surface area contributed by atoms with Crippen molar-refractivity contribution < 1.29 is 9.50 Å². The summed E-state index contributed by atoms with van der Waals surface area (Å²) in [5, 5.41) is 12.3. The first-order valence-corrected chi connectivity index (χ1v) is 7.03. The van der Waals surface area contributed by atoms with Crippen LogP contribution in [0.15, 0.2) is 18.2 Å². The molecule has 0 aliphatic heterocycles. The van der Waals surface area contributed by atoms with Crippen LogP contribution in [0.1, 0.15) is 32.8 Å². The van der Waals surface area contributed by atoms with Gasteiger partial charge in [-0.15, -0.1) is 0 Å². The number of nitrogens with one attached hydrogen (secondary N) is 1. The monoisotopic (exact) mass is 268 g/mol. The number of nitrogens with zero attached hydrogens (tertiary/aromatic N) is 1. The van der Waals surface area contributed by atoms with E-state index in [2.05, 4.69) is 5.32 Å². The van der Waals surface area contributed by atoms with Crippen molar-refractivity contribution in [3.63, 3.8) is 0 Å². The summed E-state index contributed by atoms with van der Waals surface area (Å²) in [5.41, 5.74) is 1.56. The molecule has 0 radical (unpaired) electrons. The molecule has 0 bridgehead atoms. The van der Waals surface area contributed by atoms with Gasteiger partial charge in [0.1, 0.15) is 5.82 Å². The van der Waals surface area contributed by atoms with Gasteiger partial charge in [-0.1, -0.05) is 13.0 Å². The zero-order chi connectivity index (χ0) is 14.3. The predicted molar refractivity (Wildman–Crippen MR) is 78.0 cm³/mol. The van der Waals surface area contributed by atoms with Crippen LogP contribution in [0.5, 0.6) is 0 Å². The first kappa shape index (κ1) is 15.9. The van der Waals surface area contributed by atoms with Crippen molar-refractivity contribution in [2.24, 2.45) is 0 Å². The lowest BCUT2D eigenvalue weighted by Crippen LogP contribution is -2.31. The lowest BCUT2D eigenvalue weighted by atomic mass is 10.1. The maximum Gasteiger partial charge on any atom is 0.146 e. The number of aliphatic hydroxyl groups is 1. The Bertz CT molecular complexity index is 376. The first-order chi connectivity index (χ1) is 9.15. The molecule has 0 spiro atoms. The summed E-state index contributed by atoms with van der Waals surface area (Å²) < 4.78 is 14.0. The van der Waals surface area contributed by atoms with E-state index in [9.17, 15) is 4.39 Å². The smallest absolute Gasteiger partial charge is 0.146 e. The summed E-state index contributed by atoms with van der Waals surface area (Å²) in [6, 6.07) is 5.42. The molecule has 3 nitrogen and oxygen atoms in total. The van der Waals surface area contributed by atoms with E-state index in [1.54, 1.807) is 6.07 Å². The Morgan fingerprint density at radius 1 is 1.26 bits per heavy atom. The summed E-state index contributed by atoms with van der Waals surface area (Å²) in [6.45, 7) is 8.33. The highest BCUT2D eigenvalue weighted by molar-refractivity contribution is 5.49. The van der Waals surface area contributed by atoms with Crippen molar-refractivity contribution >= 4 is 5.69 Å². The standard InChI is InChI=1S/C15H25FN2O/c1-4-13(11-19)17-10-12-7-8-15(14(16)9-12)18(5-2)6-3/h7-9,13,17,19H,4-6,10-11H2,1-3H3. The fourth-order valence-corrected chi connectivity index (χ4v) is 2.08. The van der Waals surface area contributed by atoms with E-state index < -0.39 is 0 Å². The highest BCUT2D eigenvalue weighted by atomic mass is 19.1. The maximum atomic E-state index is 14.0. The van der Waals surface area contributed by atoms with Crippen molar-refractivity contribution in [3.05, 3.63) is 29.6 Å². The topological polar surface area (TPSA) is 35.5 Å². The van der Waals surface area contributed by atoms with Crippen LogP contribution in [0, 0.1) is 5.82 Å². The molecule has 0 saturated heterocycles. The van der Waals surface area contributed by atoms with E-state index in [0.29, 0.717) is 12.2 Å². The summed E-state index contributed by atoms with van der Waals surface area (Å²) in [7, 11) is 0. The molecule has 19 heavy (non-hydrogen) atoms. The van der Waals surface area contributed by atoms with Gasteiger partial charge in [0, 0.05) is 25.7 Å². The van der Waals surface area contributed by atoms with Gasteiger partial charge in [0.05, 0.1) is 12.3 Å². The highest BCUT2D eigenvalue weighted by Crippen LogP contribution is 2.20. The van der Waals surface area contributed by atoms with Gasteiger partial charge in [-0.3, -0.25) is 0 Å². The molecule has 1 atom stereocenters. The molecule has 0 saturated carbocycles. The number of benzene rings is 1. The Morgan fingerprint density at radius 3 is 2.42 bits per heavy atom. The lowest BCUT2D eigenvalue weighted by molar-refractivity contribution is 0.238. The molecular formula is C15H25FN2O. The average Bonchev–Trinajstić information content (AvgIpc) is 2.43. The summed E-state index contributed by atoms with van der Waals surface area (Å²) >= 11 is 0. The number of aliphatic hydroxyl groups excluding tert-OH is 1. The van der Waals surface area contributed by atoms with Gasteiger partial charge < -0.3 is 15.3 Å². The Hall–Kier alpha value is -1.13. The van der Waals surface area contributed by atoms with Gasteiger partial charge in [-0.25, -0.2) is 4.39 Å². The van der Waals surface area contributed by atoms with E-state index in [0.717, 1.165) is 25.1 Å². The molecule has 0 aliphatic carbocycles. The quantitative estimate of drug-likeness (QED) is 0.760. The number of halogens is 1. The zero-order valence-corrected chi connectivity index (χ0v) is 12.1. The van der Waals surface area contributed by atoms with Crippen LogP contribution in [0.2, 0.25) is 0 Å². The fraction of sp³-hybridized carbons (Fsp3) is 0.600. The lowest BCUT2D eigenvalue weighted by Gasteiger charge is -2.22. The minimum Gasteiger partial charge on any atom is -0.395 e. The molecule has 1 aromatic carbocycles. The molecule has 0 amide bonds. The van der Waals surface area contributed by atoms with Crippen LogP contribution in [-0.4, -0.2) is 30.8 Å². The average molecular weight is 268 g/mol. The molecule has 0 aromatic heterocycles. The van der Waals surface area contributed by atoms with Gasteiger partial charge in [0.2, 0.25) is 0 Å². The molecule has 108 valence electrons. The second-order valence-corrected chi connectivity index (χ2v) is 4.63. The van der Waals surface area contributed by atoms with Crippen LogP contribution >= 0.6 is 0 Å². The summed E-state index contributed by atoms with van der Waals surface area (Å²) in [6.07, 6.45) is 0.858. The van der Waals surface area contributed by atoms with Gasteiger partial charge in [0.15, 0.2) is 0 Å². The summed E-state index contributed by atoms with van der Waals surface area (Å²) in [4.78, 5) is 2.00. The fourth-order valence-electron chi connectivity index (χ4n) is 2.08. The first-order valence-electron chi connectivity index (χ1n) is 7.03. The van der Waals surface area contributed by atoms with Gasteiger partial charge >= 0.3 is 0 Å². The third-order valence-corrected chi connectivity index (χ3v) is 3.42. The number of rotatable bonds is 8. The number of hydrogen-bond acceptors (Lipinski definition) is 3. The van der Waals surface area contributed by atoms with Crippen molar-refractivity contribution in [1.82, 2.24) is 5.32 Å². The maximum absolute atomic E-state index is 14.0. The molecule has 0 heterocycles. The van der Waals surface area contributed by atoms with E-state index >= 15 is 0 Å². The van der Waals surface area contributed by atoms with Crippen molar-refractivity contribution in [2.45, 2.75) is 39.8 Å². The Kier molecular flexibility index (Phi) is 6.81. The molecule has 2 N–H and O–H groups in total. The van der Waals surface area contributed by atoms with Crippen LogP contribution < -0.4 is 10.2 Å². The minimum atomic E-state index is -0.181. The normalized spacial score (nSPS) is 12.5. The third-order valence-electron chi connectivity index (χ3n) is 3.42. The largest absolute Gasteiger partial charge is 0.395 e. The minimum absolute atomic E-state index is 0.0746. The number of hydrogen-bond donors (Lipinski definition) is 2. The zero-order valence-electron chi connectivity index (χ0n) is 12.1. The van der Waals surface area contributed by atoms with E-state index in [1.165, 1.54) is 0 Å². The van der Waals surface area contributed by atoms with Gasteiger partial charge in [0.25, 0.3) is 0 Å². The molecule has 1 rings (SSSR count). The number of anilines is 1. The Labute approximate surface area is 115 Å². The van der Waals surface area contributed by atoms with E-state index in [-0.39, 0.29) is 18.5 Å². The van der Waals surface area contributed by atoms with Crippen LogP contribution in [0.3, 0.4) is 0 Å². The molecule has 1 aromatic rings. The van der Waals surface area contributed by atoms with Crippen molar-refractivity contribution in [3.8, 4) is 0 Å².